The quantitative estimate of drug-likeness (QED) is 0.357. The average Bonchev–Trinajstić information content (AvgIpc) is 2.26. The average molecular weight is 227 g/mol. The molecule has 3 nitrogen and oxygen atoms in total. The van der Waals surface area contributed by atoms with Gasteiger partial charge in [-0.05, 0) is 25.3 Å². The molecule has 1 heterocycles. The lowest BCUT2D eigenvalue weighted by Crippen LogP contribution is -2.16. The van der Waals surface area contributed by atoms with Gasteiger partial charge in [-0.15, -0.1) is 24.4 Å². The summed E-state index contributed by atoms with van der Waals surface area (Å²) < 4.78 is 0.0219. The van der Waals surface area contributed by atoms with Crippen molar-refractivity contribution in [2.45, 2.75) is 11.6 Å². The highest BCUT2D eigenvalue weighted by molar-refractivity contribution is 8.09. The highest BCUT2D eigenvalue weighted by Gasteiger charge is 1.99. The van der Waals surface area contributed by atoms with E-state index >= 15 is 0 Å². The number of nitrogens with zero attached hydrogens (tertiary/aromatic N) is 2. The van der Waals surface area contributed by atoms with Crippen molar-refractivity contribution < 1.29 is 0 Å². The summed E-state index contributed by atoms with van der Waals surface area (Å²) in [6.07, 6.45) is 3.72. The lowest BCUT2D eigenvalue weighted by atomic mass is 10.3. The standard InChI is InChI=1S/C9H13N3S2/c1-7(11-12-9(13)14-2)8-5-3-4-6-10-8/h3-6,9,12-13H,1-2H3/b11-7+. The summed E-state index contributed by atoms with van der Waals surface area (Å²) in [5.74, 6) is 0. The lowest BCUT2D eigenvalue weighted by molar-refractivity contribution is 0.839. The molecule has 0 aliphatic heterocycles. The van der Waals surface area contributed by atoms with Gasteiger partial charge in [0.05, 0.1) is 11.4 Å². The van der Waals surface area contributed by atoms with E-state index in [2.05, 4.69) is 28.1 Å². The van der Waals surface area contributed by atoms with Gasteiger partial charge in [-0.3, -0.25) is 10.4 Å². The summed E-state index contributed by atoms with van der Waals surface area (Å²) in [5, 5.41) is 4.17. The van der Waals surface area contributed by atoms with Gasteiger partial charge in [-0.1, -0.05) is 6.07 Å². The van der Waals surface area contributed by atoms with Crippen LogP contribution in [0.25, 0.3) is 0 Å². The van der Waals surface area contributed by atoms with Crippen LogP contribution >= 0.6 is 24.4 Å². The summed E-state index contributed by atoms with van der Waals surface area (Å²) in [6.45, 7) is 1.91. The molecule has 0 aliphatic rings. The molecule has 0 aromatic carbocycles. The maximum atomic E-state index is 4.24. The molecule has 0 fully saturated rings. The molecule has 0 radical (unpaired) electrons. The van der Waals surface area contributed by atoms with E-state index in [-0.39, 0.29) is 4.71 Å². The van der Waals surface area contributed by atoms with Gasteiger partial charge in [-0.2, -0.15) is 5.10 Å². The highest BCUT2D eigenvalue weighted by atomic mass is 32.2. The van der Waals surface area contributed by atoms with Crippen LogP contribution in [0.5, 0.6) is 0 Å². The van der Waals surface area contributed by atoms with Crippen molar-refractivity contribution in [1.82, 2.24) is 10.4 Å². The van der Waals surface area contributed by atoms with Crippen molar-refractivity contribution in [3.8, 4) is 0 Å². The summed E-state index contributed by atoms with van der Waals surface area (Å²) in [4.78, 5) is 4.18. The Balaban J connectivity index is 2.61. The fraction of sp³-hybridized carbons (Fsp3) is 0.333. The van der Waals surface area contributed by atoms with Crippen LogP contribution in [0.3, 0.4) is 0 Å². The Morgan fingerprint density at radius 2 is 2.43 bits per heavy atom. The van der Waals surface area contributed by atoms with E-state index in [1.165, 1.54) is 0 Å². The van der Waals surface area contributed by atoms with Gasteiger partial charge in [0.2, 0.25) is 0 Å². The smallest absolute Gasteiger partial charge is 0.132 e. The first-order valence-corrected chi connectivity index (χ1v) is 5.96. The van der Waals surface area contributed by atoms with Crippen LogP contribution in [-0.2, 0) is 0 Å². The van der Waals surface area contributed by atoms with Crippen molar-refractivity contribution in [3.63, 3.8) is 0 Å². The van der Waals surface area contributed by atoms with Crippen LogP contribution in [0, 0.1) is 0 Å². The SMILES string of the molecule is CSC(S)N/N=C(\C)c1ccccn1. The molecule has 1 aromatic rings. The molecule has 5 heteroatoms. The number of rotatable bonds is 4. The third kappa shape index (κ3) is 3.59. The molecule has 0 spiro atoms. The number of hydrogen-bond acceptors (Lipinski definition) is 5. The molecule has 14 heavy (non-hydrogen) atoms. The Hall–Kier alpha value is -0.680. The van der Waals surface area contributed by atoms with Gasteiger partial charge in [0.1, 0.15) is 4.71 Å². The fourth-order valence-electron chi connectivity index (χ4n) is 0.839. The normalized spacial score (nSPS) is 13.8. The Morgan fingerprint density at radius 1 is 1.64 bits per heavy atom. The molecule has 0 aliphatic carbocycles. The number of aromatic nitrogens is 1. The minimum atomic E-state index is 0.0219. The molecule has 1 atom stereocenters. The van der Waals surface area contributed by atoms with Gasteiger partial charge >= 0.3 is 0 Å². The molecule has 0 bridgehead atoms. The van der Waals surface area contributed by atoms with Gasteiger partial charge in [0, 0.05) is 6.20 Å². The second-order valence-corrected chi connectivity index (χ2v) is 4.44. The molecule has 0 amide bonds. The van der Waals surface area contributed by atoms with Crippen LogP contribution in [0.4, 0.5) is 0 Å². The zero-order valence-electron chi connectivity index (χ0n) is 8.14. The molecular weight excluding hydrogens is 214 g/mol. The van der Waals surface area contributed by atoms with Crippen LogP contribution < -0.4 is 5.43 Å². The maximum Gasteiger partial charge on any atom is 0.132 e. The van der Waals surface area contributed by atoms with E-state index in [1.807, 2.05) is 31.4 Å². The molecule has 1 rings (SSSR count). The van der Waals surface area contributed by atoms with Crippen molar-refractivity contribution in [3.05, 3.63) is 30.1 Å². The Bertz CT molecular complexity index is 300. The van der Waals surface area contributed by atoms with Crippen molar-refractivity contribution in [2.24, 2.45) is 5.10 Å². The first kappa shape index (κ1) is 11.4. The second kappa shape index (κ2) is 5.93. The van der Waals surface area contributed by atoms with E-state index in [0.29, 0.717) is 0 Å². The van der Waals surface area contributed by atoms with Gasteiger partial charge < -0.3 is 0 Å². The molecule has 1 N–H and O–H groups in total. The van der Waals surface area contributed by atoms with Gasteiger partial charge in [0.25, 0.3) is 0 Å². The lowest BCUT2D eigenvalue weighted by Gasteiger charge is -2.07. The van der Waals surface area contributed by atoms with E-state index in [4.69, 9.17) is 0 Å². The van der Waals surface area contributed by atoms with E-state index in [9.17, 15) is 0 Å². The fourth-order valence-corrected chi connectivity index (χ4v) is 1.05. The number of hydrogen-bond donors (Lipinski definition) is 2. The summed E-state index contributed by atoms with van der Waals surface area (Å²) in [5.41, 5.74) is 4.64. The first-order chi connectivity index (χ1) is 6.74. The zero-order valence-corrected chi connectivity index (χ0v) is 9.85. The molecule has 0 saturated carbocycles. The zero-order chi connectivity index (χ0) is 10.4. The minimum Gasteiger partial charge on any atom is -0.287 e. The van der Waals surface area contributed by atoms with Crippen LogP contribution in [0.1, 0.15) is 12.6 Å². The highest BCUT2D eigenvalue weighted by Crippen LogP contribution is 2.06. The van der Waals surface area contributed by atoms with E-state index in [0.717, 1.165) is 11.4 Å². The molecule has 1 aromatic heterocycles. The Morgan fingerprint density at radius 3 is 3.00 bits per heavy atom. The van der Waals surface area contributed by atoms with Crippen molar-refractivity contribution >= 4 is 30.1 Å². The number of pyridine rings is 1. The van der Waals surface area contributed by atoms with Crippen molar-refractivity contribution in [2.75, 3.05) is 6.26 Å². The van der Waals surface area contributed by atoms with Crippen LogP contribution in [0.2, 0.25) is 0 Å². The predicted octanol–water partition coefficient (Wildman–Crippen LogP) is 1.97. The number of hydrazone groups is 1. The van der Waals surface area contributed by atoms with Crippen molar-refractivity contribution in [1.29, 1.82) is 0 Å². The Kier molecular flexibility index (Phi) is 4.82. The summed E-state index contributed by atoms with van der Waals surface area (Å²) in [6, 6.07) is 5.74. The minimum absolute atomic E-state index is 0.0219. The molecular formula is C9H13N3S2. The van der Waals surface area contributed by atoms with Gasteiger partial charge in [-0.25, -0.2) is 0 Å². The molecule has 1 unspecified atom stereocenters. The number of thioether (sulfide) groups is 1. The largest absolute Gasteiger partial charge is 0.287 e. The third-order valence-corrected chi connectivity index (χ3v) is 2.90. The molecule has 0 saturated heterocycles. The monoisotopic (exact) mass is 227 g/mol. The van der Waals surface area contributed by atoms with E-state index < -0.39 is 0 Å². The second-order valence-electron chi connectivity index (χ2n) is 2.63. The van der Waals surface area contributed by atoms with Crippen LogP contribution in [-0.4, -0.2) is 21.7 Å². The predicted molar refractivity (Wildman–Crippen MR) is 65.9 cm³/mol. The third-order valence-electron chi connectivity index (χ3n) is 1.60. The topological polar surface area (TPSA) is 37.3 Å². The Labute approximate surface area is 93.8 Å². The van der Waals surface area contributed by atoms with Crippen LogP contribution in [0.15, 0.2) is 29.5 Å². The summed E-state index contributed by atoms with van der Waals surface area (Å²) in [7, 11) is 0. The summed E-state index contributed by atoms with van der Waals surface area (Å²) >= 11 is 5.83. The first-order valence-electron chi connectivity index (χ1n) is 4.16. The number of thiol groups is 1. The maximum absolute atomic E-state index is 4.24. The van der Waals surface area contributed by atoms with E-state index in [1.54, 1.807) is 18.0 Å². The van der Waals surface area contributed by atoms with Gasteiger partial charge in [0.15, 0.2) is 0 Å². The molecule has 76 valence electrons. The number of nitrogens with one attached hydrogen (secondary N) is 1.